The standard InChI is InChI=1S/C34H64N4O3/c1-24(8-13-32(40)41-4)28-11-12-29-27-10-9-25-22-26(38-21-7-20-37-19-6-18-36-17-5-16-35)14-15-33(25,2)30(27)23-31(39)34(28,29)3/h24-31,36-39H,5-23,35H2,1-4H3/t24-,25?,26+,27?,28?,29?,30?,31+,33+,34-/m1/s1. The number of esters is 1. The molecule has 7 heteroatoms. The highest BCUT2D eigenvalue weighted by molar-refractivity contribution is 5.69. The van der Waals surface area contributed by atoms with Crippen molar-refractivity contribution in [3.05, 3.63) is 0 Å². The molecule has 0 spiro atoms. The molecule has 0 aromatic carbocycles. The van der Waals surface area contributed by atoms with Crippen molar-refractivity contribution in [2.75, 3.05) is 46.4 Å². The van der Waals surface area contributed by atoms with Gasteiger partial charge in [0.2, 0.25) is 0 Å². The van der Waals surface area contributed by atoms with E-state index in [1.165, 1.54) is 64.9 Å². The van der Waals surface area contributed by atoms with Crippen LogP contribution >= 0.6 is 0 Å². The maximum absolute atomic E-state index is 11.8. The van der Waals surface area contributed by atoms with Gasteiger partial charge in [-0.1, -0.05) is 20.8 Å². The first-order valence-electron chi connectivity index (χ1n) is 17.3. The van der Waals surface area contributed by atoms with Gasteiger partial charge in [0, 0.05) is 12.5 Å². The van der Waals surface area contributed by atoms with Crippen molar-refractivity contribution in [3.63, 3.8) is 0 Å². The molecule has 0 bridgehead atoms. The first-order chi connectivity index (χ1) is 19.8. The molecule has 0 saturated heterocycles. The molecule has 6 N–H and O–H groups in total. The van der Waals surface area contributed by atoms with Crippen molar-refractivity contribution >= 4 is 5.97 Å². The smallest absolute Gasteiger partial charge is 0.305 e. The summed E-state index contributed by atoms with van der Waals surface area (Å²) in [6.45, 7) is 13.5. The van der Waals surface area contributed by atoms with Crippen molar-refractivity contribution in [3.8, 4) is 0 Å². The topological polar surface area (TPSA) is 109 Å². The van der Waals surface area contributed by atoms with Crippen molar-refractivity contribution in [1.82, 2.24) is 16.0 Å². The van der Waals surface area contributed by atoms with Crippen LogP contribution < -0.4 is 21.7 Å². The number of carbonyl (C=O) groups excluding carboxylic acids is 1. The molecule has 4 aliphatic carbocycles. The van der Waals surface area contributed by atoms with Crippen LogP contribution in [0.2, 0.25) is 0 Å². The quantitative estimate of drug-likeness (QED) is 0.136. The highest BCUT2D eigenvalue weighted by Crippen LogP contribution is 2.68. The normalized spacial score (nSPS) is 39.0. The van der Waals surface area contributed by atoms with Crippen molar-refractivity contribution < 1.29 is 14.6 Å². The van der Waals surface area contributed by atoms with E-state index in [0.717, 1.165) is 70.4 Å². The van der Waals surface area contributed by atoms with Gasteiger partial charge in [0.15, 0.2) is 0 Å². The molecule has 41 heavy (non-hydrogen) atoms. The van der Waals surface area contributed by atoms with Crippen LogP contribution in [0.3, 0.4) is 0 Å². The Kier molecular flexibility index (Phi) is 12.4. The summed E-state index contributed by atoms with van der Waals surface area (Å²) in [5.74, 6) is 3.68. The lowest BCUT2D eigenvalue weighted by atomic mass is 9.43. The molecule has 0 heterocycles. The zero-order valence-electron chi connectivity index (χ0n) is 26.9. The summed E-state index contributed by atoms with van der Waals surface area (Å²) in [5, 5.41) is 22.8. The number of nitrogens with one attached hydrogen (secondary N) is 3. The molecular formula is C34H64N4O3. The maximum atomic E-state index is 11.8. The Labute approximate surface area is 251 Å². The number of aliphatic hydroxyl groups is 1. The number of hydrogen-bond donors (Lipinski definition) is 5. The zero-order valence-corrected chi connectivity index (χ0v) is 26.9. The van der Waals surface area contributed by atoms with Gasteiger partial charge in [0.25, 0.3) is 0 Å². The number of fused-ring (bicyclic) bond motifs is 5. The van der Waals surface area contributed by atoms with E-state index in [1.54, 1.807) is 0 Å². The Balaban J connectivity index is 1.22. The summed E-state index contributed by atoms with van der Waals surface area (Å²) < 4.78 is 4.91. The molecule has 4 aliphatic rings. The van der Waals surface area contributed by atoms with Gasteiger partial charge in [-0.15, -0.1) is 0 Å². The van der Waals surface area contributed by atoms with E-state index in [2.05, 4.69) is 36.7 Å². The molecule has 10 atom stereocenters. The summed E-state index contributed by atoms with van der Waals surface area (Å²) in [6.07, 6.45) is 14.6. The molecule has 7 nitrogen and oxygen atoms in total. The van der Waals surface area contributed by atoms with Crippen LogP contribution in [0.5, 0.6) is 0 Å². The van der Waals surface area contributed by atoms with Crippen LogP contribution in [-0.2, 0) is 9.53 Å². The summed E-state index contributed by atoms with van der Waals surface area (Å²) in [4.78, 5) is 11.8. The summed E-state index contributed by atoms with van der Waals surface area (Å²) in [5.41, 5.74) is 5.90. The summed E-state index contributed by atoms with van der Waals surface area (Å²) >= 11 is 0. The molecule has 238 valence electrons. The summed E-state index contributed by atoms with van der Waals surface area (Å²) in [6, 6.07) is 0.654. The largest absolute Gasteiger partial charge is 0.469 e. The molecule has 4 fully saturated rings. The number of nitrogens with two attached hydrogens (primary N) is 1. The van der Waals surface area contributed by atoms with Gasteiger partial charge in [-0.05, 0) is 163 Å². The molecule has 5 unspecified atom stereocenters. The van der Waals surface area contributed by atoms with E-state index < -0.39 is 0 Å². The highest BCUT2D eigenvalue weighted by atomic mass is 16.5. The average molecular weight is 577 g/mol. The monoisotopic (exact) mass is 576 g/mol. The third-order valence-electron chi connectivity index (χ3n) is 12.8. The molecule has 4 saturated carbocycles. The fourth-order valence-corrected chi connectivity index (χ4v) is 10.4. The van der Waals surface area contributed by atoms with Crippen LogP contribution in [0.15, 0.2) is 0 Å². The molecule has 0 aromatic rings. The Morgan fingerprint density at radius 2 is 1.66 bits per heavy atom. The number of hydrogen-bond acceptors (Lipinski definition) is 7. The lowest BCUT2D eigenvalue weighted by Crippen LogP contribution is -2.59. The second kappa shape index (κ2) is 15.3. The average Bonchev–Trinajstić information content (AvgIpc) is 3.33. The van der Waals surface area contributed by atoms with E-state index >= 15 is 0 Å². The van der Waals surface area contributed by atoms with Crippen molar-refractivity contribution in [2.24, 2.45) is 52.1 Å². The van der Waals surface area contributed by atoms with Crippen LogP contribution in [0.25, 0.3) is 0 Å². The van der Waals surface area contributed by atoms with Crippen LogP contribution in [0, 0.1) is 46.3 Å². The van der Waals surface area contributed by atoms with Crippen molar-refractivity contribution in [1.29, 1.82) is 0 Å². The summed E-state index contributed by atoms with van der Waals surface area (Å²) in [7, 11) is 1.48. The minimum absolute atomic E-state index is 0.00626. The number of rotatable bonds is 16. The van der Waals surface area contributed by atoms with Gasteiger partial charge in [-0.2, -0.15) is 0 Å². The Morgan fingerprint density at radius 1 is 0.951 bits per heavy atom. The fourth-order valence-electron chi connectivity index (χ4n) is 10.4. The molecule has 0 radical (unpaired) electrons. The third-order valence-corrected chi connectivity index (χ3v) is 12.8. The van der Waals surface area contributed by atoms with E-state index in [1.807, 2.05) is 0 Å². The molecule has 4 rings (SSSR count). The number of ether oxygens (including phenoxy) is 1. The molecular weight excluding hydrogens is 512 g/mol. The number of aliphatic hydroxyl groups excluding tert-OH is 1. The van der Waals surface area contributed by atoms with Crippen molar-refractivity contribution in [2.45, 2.75) is 116 Å². The first kappa shape index (κ1) is 33.2. The minimum Gasteiger partial charge on any atom is -0.469 e. The first-order valence-corrected chi connectivity index (χ1v) is 17.3. The molecule has 0 aromatic heterocycles. The molecule has 0 amide bonds. The fraction of sp³-hybridized carbons (Fsp3) is 0.971. The van der Waals surface area contributed by atoms with Gasteiger partial charge in [0.05, 0.1) is 13.2 Å². The van der Waals surface area contributed by atoms with Gasteiger partial charge in [-0.3, -0.25) is 4.79 Å². The van der Waals surface area contributed by atoms with E-state index in [0.29, 0.717) is 41.5 Å². The predicted molar refractivity (Wildman–Crippen MR) is 167 cm³/mol. The second-order valence-corrected chi connectivity index (χ2v) is 14.8. The lowest BCUT2D eigenvalue weighted by Gasteiger charge is -2.62. The van der Waals surface area contributed by atoms with Gasteiger partial charge in [0.1, 0.15) is 0 Å². The Morgan fingerprint density at radius 3 is 2.37 bits per heavy atom. The van der Waals surface area contributed by atoms with Gasteiger partial charge >= 0.3 is 5.97 Å². The van der Waals surface area contributed by atoms with E-state index in [-0.39, 0.29) is 17.5 Å². The minimum atomic E-state index is -0.220. The Bertz CT molecular complexity index is 813. The number of methoxy groups -OCH3 is 1. The van der Waals surface area contributed by atoms with E-state index in [9.17, 15) is 9.90 Å². The maximum Gasteiger partial charge on any atom is 0.305 e. The second-order valence-electron chi connectivity index (χ2n) is 14.8. The highest BCUT2D eigenvalue weighted by Gasteiger charge is 2.63. The SMILES string of the molecule is COC(=O)CC[C@@H](C)C1CCC2C3CCC4C[C@@H](NCCCNCCCNCCCN)CC[C@]4(C)C3C[C@H](O)[C@@]21C. The van der Waals surface area contributed by atoms with Gasteiger partial charge in [-0.25, -0.2) is 0 Å². The zero-order chi connectivity index (χ0) is 29.5. The van der Waals surface area contributed by atoms with Crippen LogP contribution in [0.1, 0.15) is 104 Å². The lowest BCUT2D eigenvalue weighted by molar-refractivity contribution is -0.170. The van der Waals surface area contributed by atoms with E-state index in [4.69, 9.17) is 10.5 Å². The predicted octanol–water partition coefficient (Wildman–Crippen LogP) is 4.47. The third kappa shape index (κ3) is 7.50. The number of carbonyl (C=O) groups is 1. The van der Waals surface area contributed by atoms with Crippen LogP contribution in [-0.4, -0.2) is 69.6 Å². The molecule has 0 aliphatic heterocycles. The Hall–Kier alpha value is -0.730. The van der Waals surface area contributed by atoms with Crippen LogP contribution in [0.4, 0.5) is 0 Å². The van der Waals surface area contributed by atoms with Gasteiger partial charge < -0.3 is 31.5 Å².